The molecule has 5 heteroatoms. The smallest absolute Gasteiger partial charge is 0.104 e. The summed E-state index contributed by atoms with van der Waals surface area (Å²) >= 11 is 0. The van der Waals surface area contributed by atoms with Crippen molar-refractivity contribution >= 4 is 0 Å². The number of nitrogens with one attached hydrogen (secondary N) is 1. The van der Waals surface area contributed by atoms with Crippen molar-refractivity contribution in [1.82, 2.24) is 0 Å². The molecule has 4 nitrogen and oxygen atoms in total. The Kier molecular flexibility index (Phi) is 10.8. The Morgan fingerprint density at radius 1 is 0.875 bits per heavy atom. The molecule has 0 saturated heterocycles. The standard InChI is InChI=1S/C3H10NO3.HI/c1-5-4(6-2)7-3;/h4H,1-3H3;1H/q+1;/p-1. The summed E-state index contributed by atoms with van der Waals surface area (Å²) in [6.45, 7) is 0. The Morgan fingerprint density at radius 2 is 1.12 bits per heavy atom. The minimum absolute atomic E-state index is 0. The molecule has 0 bridgehead atoms. The van der Waals surface area contributed by atoms with Gasteiger partial charge in [-0.05, 0) is 0 Å². The highest BCUT2D eigenvalue weighted by Gasteiger charge is 1.98. The van der Waals surface area contributed by atoms with E-state index in [0.29, 0.717) is 0 Å². The maximum Gasteiger partial charge on any atom is 0.104 e. The largest absolute Gasteiger partial charge is 1.00 e. The normalized spacial score (nSPS) is 9.00. The van der Waals surface area contributed by atoms with Gasteiger partial charge in [-0.1, -0.05) is 0 Å². The monoisotopic (exact) mass is 235 g/mol. The van der Waals surface area contributed by atoms with Gasteiger partial charge in [0.2, 0.25) is 0 Å². The van der Waals surface area contributed by atoms with Gasteiger partial charge in [-0.2, -0.15) is 0 Å². The molecule has 0 atom stereocenters. The van der Waals surface area contributed by atoms with Crippen molar-refractivity contribution in [2.45, 2.75) is 0 Å². The molecule has 0 aliphatic carbocycles. The number of rotatable bonds is 3. The third kappa shape index (κ3) is 4.72. The Hall–Kier alpha value is 0.570. The Morgan fingerprint density at radius 3 is 1.12 bits per heavy atom. The molecule has 8 heavy (non-hydrogen) atoms. The van der Waals surface area contributed by atoms with E-state index in [2.05, 4.69) is 14.5 Å². The van der Waals surface area contributed by atoms with Crippen LogP contribution < -0.4 is 29.4 Å². The van der Waals surface area contributed by atoms with E-state index in [9.17, 15) is 0 Å². The van der Waals surface area contributed by atoms with Gasteiger partial charge >= 0.3 is 0 Å². The predicted octanol–water partition coefficient (Wildman–Crippen LogP) is -4.44. The first-order chi connectivity index (χ1) is 3.35. The van der Waals surface area contributed by atoms with Gasteiger partial charge in [0, 0.05) is 0 Å². The highest BCUT2D eigenvalue weighted by atomic mass is 127. The van der Waals surface area contributed by atoms with Crippen molar-refractivity contribution in [3.05, 3.63) is 0 Å². The van der Waals surface area contributed by atoms with Gasteiger partial charge in [0.25, 0.3) is 0 Å². The van der Waals surface area contributed by atoms with Crippen LogP contribution in [0, 0.1) is 0 Å². The molecule has 0 unspecified atom stereocenters. The zero-order chi connectivity index (χ0) is 5.70. The molecule has 0 heterocycles. The molecular formula is C3H10INO3. The Labute approximate surface area is 65.6 Å². The number of quaternary nitrogens is 1. The van der Waals surface area contributed by atoms with Crippen LogP contribution >= 0.6 is 0 Å². The molecule has 0 aromatic rings. The van der Waals surface area contributed by atoms with E-state index in [4.69, 9.17) is 0 Å². The molecular weight excluding hydrogens is 225 g/mol. The van der Waals surface area contributed by atoms with E-state index in [-0.39, 0.29) is 29.4 Å². The lowest BCUT2D eigenvalue weighted by molar-refractivity contribution is -1.36. The van der Waals surface area contributed by atoms with Crippen molar-refractivity contribution in [3.63, 3.8) is 0 Å². The van der Waals surface area contributed by atoms with Crippen molar-refractivity contribution < 1.29 is 43.9 Å². The summed E-state index contributed by atoms with van der Waals surface area (Å²) in [6, 6.07) is 0. The summed E-state index contributed by atoms with van der Waals surface area (Å²) < 4.78 is 0. The fourth-order valence-corrected chi connectivity index (χ4v) is 0.250. The van der Waals surface area contributed by atoms with Gasteiger partial charge in [-0.3, -0.25) is 0 Å². The molecule has 1 N–H and O–H groups in total. The predicted molar refractivity (Wildman–Crippen MR) is 22.0 cm³/mol. The molecule has 0 aromatic carbocycles. The second-order valence-electron chi connectivity index (χ2n) is 0.862. The Balaban J connectivity index is 0. The van der Waals surface area contributed by atoms with Crippen LogP contribution in [0.15, 0.2) is 0 Å². The molecule has 0 aliphatic rings. The maximum atomic E-state index is 4.52. The number of hydrogen-bond acceptors (Lipinski definition) is 3. The zero-order valence-electron chi connectivity index (χ0n) is 5.10. The van der Waals surface area contributed by atoms with Gasteiger partial charge in [0.1, 0.15) is 21.3 Å². The van der Waals surface area contributed by atoms with Gasteiger partial charge in [0.05, 0.1) is 5.39 Å². The van der Waals surface area contributed by atoms with Crippen molar-refractivity contribution in [2.24, 2.45) is 0 Å². The quantitative estimate of drug-likeness (QED) is 0.395. The summed E-state index contributed by atoms with van der Waals surface area (Å²) in [7, 11) is 4.42. The fraction of sp³-hybridized carbons (Fsp3) is 1.00. The summed E-state index contributed by atoms with van der Waals surface area (Å²) in [6.07, 6.45) is 0. The van der Waals surface area contributed by atoms with E-state index in [1.807, 2.05) is 0 Å². The van der Waals surface area contributed by atoms with E-state index < -0.39 is 0 Å². The average Bonchev–Trinajstić information content (AvgIpc) is 1.72. The van der Waals surface area contributed by atoms with Gasteiger partial charge in [0.15, 0.2) is 0 Å². The first kappa shape index (κ1) is 11.4. The van der Waals surface area contributed by atoms with Crippen LogP contribution in [0.25, 0.3) is 0 Å². The van der Waals surface area contributed by atoms with Crippen LogP contribution in [0.2, 0.25) is 0 Å². The van der Waals surface area contributed by atoms with Crippen LogP contribution in [0.1, 0.15) is 0 Å². The molecule has 0 aliphatic heterocycles. The van der Waals surface area contributed by atoms with E-state index in [0.717, 1.165) is 0 Å². The maximum absolute atomic E-state index is 4.52. The molecule has 0 amide bonds. The Bertz CT molecular complexity index is 36.0. The molecule has 0 spiro atoms. The second-order valence-corrected chi connectivity index (χ2v) is 0.862. The molecule has 52 valence electrons. The average molecular weight is 235 g/mol. The SMILES string of the molecule is CO[NH+](OC)OC.[I-]. The highest BCUT2D eigenvalue weighted by molar-refractivity contribution is 3.44. The van der Waals surface area contributed by atoms with Crippen molar-refractivity contribution in [3.8, 4) is 0 Å². The lowest BCUT2D eigenvalue weighted by Crippen LogP contribution is -3.08. The van der Waals surface area contributed by atoms with E-state index in [1.54, 1.807) is 0 Å². The number of hydrogen-bond donors (Lipinski definition) is 1. The zero-order valence-corrected chi connectivity index (χ0v) is 7.26. The van der Waals surface area contributed by atoms with Crippen LogP contribution in [0.4, 0.5) is 0 Å². The van der Waals surface area contributed by atoms with E-state index >= 15 is 0 Å². The molecule has 0 fully saturated rings. The summed E-state index contributed by atoms with van der Waals surface area (Å²) in [5, 5.41) is 0.181. The minimum atomic E-state index is 0. The molecule has 0 rings (SSSR count). The molecule has 0 radical (unpaired) electrons. The van der Waals surface area contributed by atoms with Crippen molar-refractivity contribution in [2.75, 3.05) is 21.3 Å². The minimum Gasteiger partial charge on any atom is -1.00 e. The van der Waals surface area contributed by atoms with Crippen LogP contribution in [-0.2, 0) is 14.5 Å². The molecule has 0 aromatic heterocycles. The summed E-state index contributed by atoms with van der Waals surface area (Å²) in [4.78, 5) is 13.6. The fourth-order valence-electron chi connectivity index (χ4n) is 0.250. The highest BCUT2D eigenvalue weighted by Crippen LogP contribution is 1.43. The van der Waals surface area contributed by atoms with Crippen LogP contribution in [0.5, 0.6) is 0 Å². The second kappa shape index (κ2) is 7.57. The van der Waals surface area contributed by atoms with Crippen LogP contribution in [0.3, 0.4) is 0 Å². The summed E-state index contributed by atoms with van der Waals surface area (Å²) in [5.41, 5.74) is 0. The number of halogens is 1. The first-order valence-corrected chi connectivity index (χ1v) is 1.84. The lowest BCUT2D eigenvalue weighted by atomic mass is 11.7. The van der Waals surface area contributed by atoms with E-state index in [1.165, 1.54) is 21.3 Å². The lowest BCUT2D eigenvalue weighted by Gasteiger charge is -2.03. The van der Waals surface area contributed by atoms with Crippen LogP contribution in [-0.4, -0.2) is 21.3 Å². The topological polar surface area (TPSA) is 32.1 Å². The van der Waals surface area contributed by atoms with Crippen molar-refractivity contribution in [1.29, 1.82) is 0 Å². The van der Waals surface area contributed by atoms with Gasteiger partial charge in [-0.25, -0.2) is 0 Å². The van der Waals surface area contributed by atoms with Gasteiger partial charge < -0.3 is 24.0 Å². The molecule has 0 saturated carbocycles. The third-order valence-corrected chi connectivity index (χ3v) is 0.500. The third-order valence-electron chi connectivity index (χ3n) is 0.500. The summed E-state index contributed by atoms with van der Waals surface area (Å²) in [5.74, 6) is 0. The van der Waals surface area contributed by atoms with Gasteiger partial charge in [-0.15, -0.1) is 14.5 Å². The first-order valence-electron chi connectivity index (χ1n) is 1.84.